The average Bonchev–Trinajstić information content (AvgIpc) is 2.25. The minimum absolute atomic E-state index is 0.315. The van der Waals surface area contributed by atoms with Crippen LogP contribution in [0.1, 0.15) is 38.5 Å². The van der Waals surface area contributed by atoms with Gasteiger partial charge in [-0.3, -0.25) is 4.79 Å². The number of hydrogen-bond donors (Lipinski definition) is 4. The summed E-state index contributed by atoms with van der Waals surface area (Å²) in [5, 5.41) is 29.7. The molecule has 0 aromatic carbocycles. The van der Waals surface area contributed by atoms with Crippen LogP contribution in [0.15, 0.2) is 0 Å². The molecule has 5 nitrogen and oxygen atoms in total. The lowest BCUT2D eigenvalue weighted by atomic mass is 9.80. The van der Waals surface area contributed by atoms with Crippen LogP contribution in [-0.4, -0.2) is 40.3 Å². The second-order valence-electron chi connectivity index (χ2n) is 4.50. The van der Waals surface area contributed by atoms with E-state index in [0.717, 1.165) is 19.4 Å². The monoisotopic (exact) mass is 229 g/mol. The summed E-state index contributed by atoms with van der Waals surface area (Å²) >= 11 is 0. The Hall–Kier alpha value is -0.585. The molecule has 1 rings (SSSR count). The number of nitrogens with one attached hydrogen (secondary N) is 1. The first-order valence-corrected chi connectivity index (χ1v) is 5.91. The van der Waals surface area contributed by atoms with Crippen LogP contribution in [-0.2, 0) is 4.79 Å². The van der Waals surface area contributed by atoms with Gasteiger partial charge in [0.2, 0.25) is 0 Å². The quantitative estimate of drug-likeness (QED) is 0.386. The standard InChI is InChI=1S/C10H20BNO4/c13-9(14)10(6-2-4-8-12-10)5-1-3-7-11(15)16/h12,15-16H,1-8H2,(H,13,14). The van der Waals surface area contributed by atoms with Crippen molar-refractivity contribution in [1.29, 1.82) is 0 Å². The first-order chi connectivity index (χ1) is 7.57. The zero-order valence-corrected chi connectivity index (χ0v) is 9.48. The smallest absolute Gasteiger partial charge is 0.451 e. The zero-order valence-electron chi connectivity index (χ0n) is 9.48. The van der Waals surface area contributed by atoms with E-state index in [4.69, 9.17) is 10.0 Å². The van der Waals surface area contributed by atoms with Crippen molar-refractivity contribution in [3.05, 3.63) is 0 Å². The van der Waals surface area contributed by atoms with Crippen LogP contribution in [0.2, 0.25) is 6.32 Å². The first-order valence-electron chi connectivity index (χ1n) is 5.91. The number of aliphatic carboxylic acids is 1. The Kier molecular flexibility index (Phi) is 5.24. The fourth-order valence-corrected chi connectivity index (χ4v) is 2.22. The van der Waals surface area contributed by atoms with Gasteiger partial charge in [-0.1, -0.05) is 12.8 Å². The van der Waals surface area contributed by atoms with Gasteiger partial charge < -0.3 is 20.5 Å². The molecule has 0 spiro atoms. The molecule has 1 heterocycles. The van der Waals surface area contributed by atoms with Crippen molar-refractivity contribution in [2.75, 3.05) is 6.54 Å². The maximum Gasteiger partial charge on any atom is 0.451 e. The predicted octanol–water partition coefficient (Wildman–Crippen LogP) is 0.226. The van der Waals surface area contributed by atoms with Crippen molar-refractivity contribution >= 4 is 13.1 Å². The highest BCUT2D eigenvalue weighted by Gasteiger charge is 2.38. The van der Waals surface area contributed by atoms with E-state index in [9.17, 15) is 9.90 Å². The third kappa shape index (κ3) is 3.77. The summed E-state index contributed by atoms with van der Waals surface area (Å²) < 4.78 is 0. The van der Waals surface area contributed by atoms with Crippen LogP contribution < -0.4 is 5.32 Å². The molecule has 1 unspecified atom stereocenters. The first kappa shape index (κ1) is 13.5. The van der Waals surface area contributed by atoms with E-state index >= 15 is 0 Å². The van der Waals surface area contributed by atoms with Gasteiger partial charge in [-0.25, -0.2) is 0 Å². The fraction of sp³-hybridized carbons (Fsp3) is 0.900. The molecule has 0 saturated carbocycles. The summed E-state index contributed by atoms with van der Waals surface area (Å²) in [6.07, 6.45) is 4.88. The van der Waals surface area contributed by atoms with Crippen LogP contribution in [0.3, 0.4) is 0 Å². The van der Waals surface area contributed by atoms with Crippen molar-refractivity contribution in [3.63, 3.8) is 0 Å². The molecule has 0 aromatic rings. The number of rotatable bonds is 6. The minimum atomic E-state index is -1.28. The molecular weight excluding hydrogens is 209 g/mol. The Morgan fingerprint density at radius 1 is 1.31 bits per heavy atom. The van der Waals surface area contributed by atoms with E-state index in [1.807, 2.05) is 0 Å². The van der Waals surface area contributed by atoms with Crippen molar-refractivity contribution in [2.45, 2.75) is 50.4 Å². The second kappa shape index (κ2) is 6.22. The molecule has 6 heteroatoms. The number of carbonyl (C=O) groups is 1. The Bertz CT molecular complexity index is 229. The molecule has 1 fully saturated rings. The van der Waals surface area contributed by atoms with E-state index < -0.39 is 18.6 Å². The molecule has 92 valence electrons. The van der Waals surface area contributed by atoms with Crippen LogP contribution >= 0.6 is 0 Å². The number of unbranched alkanes of at least 4 members (excludes halogenated alkanes) is 1. The van der Waals surface area contributed by atoms with E-state index in [-0.39, 0.29) is 0 Å². The highest BCUT2D eigenvalue weighted by atomic mass is 16.4. The summed E-state index contributed by atoms with van der Waals surface area (Å²) in [6, 6.07) is 0. The van der Waals surface area contributed by atoms with Crippen LogP contribution in [0, 0.1) is 0 Å². The van der Waals surface area contributed by atoms with Crippen molar-refractivity contribution < 1.29 is 19.9 Å². The lowest BCUT2D eigenvalue weighted by Crippen LogP contribution is -2.54. The van der Waals surface area contributed by atoms with E-state index in [0.29, 0.717) is 32.0 Å². The largest absolute Gasteiger partial charge is 0.480 e. The molecule has 0 aromatic heterocycles. The Labute approximate surface area is 96.0 Å². The third-order valence-electron chi connectivity index (χ3n) is 3.22. The highest BCUT2D eigenvalue weighted by Crippen LogP contribution is 2.25. The molecule has 1 saturated heterocycles. The van der Waals surface area contributed by atoms with Crippen molar-refractivity contribution in [1.82, 2.24) is 5.32 Å². The van der Waals surface area contributed by atoms with Crippen LogP contribution in [0.25, 0.3) is 0 Å². The van der Waals surface area contributed by atoms with Gasteiger partial charge in [0.1, 0.15) is 5.54 Å². The second-order valence-corrected chi connectivity index (χ2v) is 4.50. The van der Waals surface area contributed by atoms with Crippen LogP contribution in [0.4, 0.5) is 0 Å². The number of piperidine rings is 1. The third-order valence-corrected chi connectivity index (χ3v) is 3.22. The van der Waals surface area contributed by atoms with Gasteiger partial charge in [-0.15, -0.1) is 0 Å². The zero-order chi connectivity index (χ0) is 12.0. The molecule has 0 radical (unpaired) electrons. The maximum absolute atomic E-state index is 11.2. The maximum atomic E-state index is 11.2. The molecule has 0 bridgehead atoms. The van der Waals surface area contributed by atoms with Crippen molar-refractivity contribution in [2.24, 2.45) is 0 Å². The number of carboxylic acid groups (broad SMARTS) is 1. The molecule has 0 aliphatic carbocycles. The van der Waals surface area contributed by atoms with E-state index in [2.05, 4.69) is 5.32 Å². The summed E-state index contributed by atoms with van der Waals surface area (Å²) in [4.78, 5) is 11.2. The highest BCUT2D eigenvalue weighted by molar-refractivity contribution is 6.40. The van der Waals surface area contributed by atoms with E-state index in [1.54, 1.807) is 0 Å². The molecule has 1 atom stereocenters. The normalized spacial score (nSPS) is 25.4. The summed E-state index contributed by atoms with van der Waals surface area (Å²) in [5.41, 5.74) is -0.779. The summed E-state index contributed by atoms with van der Waals surface area (Å²) in [7, 11) is -1.28. The lowest BCUT2D eigenvalue weighted by Gasteiger charge is -2.34. The Morgan fingerprint density at radius 2 is 2.06 bits per heavy atom. The molecular formula is C10H20BNO4. The summed E-state index contributed by atoms with van der Waals surface area (Å²) in [5.74, 6) is -0.781. The molecule has 1 aliphatic heterocycles. The van der Waals surface area contributed by atoms with E-state index in [1.165, 1.54) is 0 Å². The van der Waals surface area contributed by atoms with Gasteiger partial charge in [0.25, 0.3) is 0 Å². The predicted molar refractivity (Wildman–Crippen MR) is 61.1 cm³/mol. The van der Waals surface area contributed by atoms with Gasteiger partial charge in [0.15, 0.2) is 0 Å². The summed E-state index contributed by atoms with van der Waals surface area (Å²) in [6.45, 7) is 0.759. The van der Waals surface area contributed by atoms with Gasteiger partial charge in [0, 0.05) is 0 Å². The van der Waals surface area contributed by atoms with Gasteiger partial charge in [-0.2, -0.15) is 0 Å². The number of carboxylic acids is 1. The van der Waals surface area contributed by atoms with Crippen LogP contribution in [0.5, 0.6) is 0 Å². The van der Waals surface area contributed by atoms with Gasteiger partial charge >= 0.3 is 13.1 Å². The molecule has 1 aliphatic rings. The SMILES string of the molecule is O=C(O)C1(CCCCB(O)O)CCCCN1. The van der Waals surface area contributed by atoms with Crippen molar-refractivity contribution in [3.8, 4) is 0 Å². The Morgan fingerprint density at radius 3 is 2.56 bits per heavy atom. The minimum Gasteiger partial charge on any atom is -0.480 e. The molecule has 16 heavy (non-hydrogen) atoms. The Balaban J connectivity index is 2.36. The lowest BCUT2D eigenvalue weighted by molar-refractivity contribution is -0.146. The van der Waals surface area contributed by atoms with Gasteiger partial charge in [-0.05, 0) is 38.5 Å². The number of hydrogen-bond acceptors (Lipinski definition) is 4. The fourth-order valence-electron chi connectivity index (χ4n) is 2.22. The average molecular weight is 229 g/mol. The molecule has 4 N–H and O–H groups in total. The topological polar surface area (TPSA) is 89.8 Å². The van der Waals surface area contributed by atoms with Gasteiger partial charge in [0.05, 0.1) is 0 Å². The molecule has 0 amide bonds.